The van der Waals surface area contributed by atoms with Gasteiger partial charge in [-0.25, -0.2) is 4.79 Å². The fraction of sp³-hybridized carbons (Fsp3) is 0.517. The molecule has 1 atom stereocenters. The van der Waals surface area contributed by atoms with Crippen LogP contribution in [0.25, 0.3) is 11.4 Å². The van der Waals surface area contributed by atoms with E-state index in [0.29, 0.717) is 40.9 Å². The average molecular weight is 569 g/mol. The number of carbonyl (C=O) groups excluding carboxylic acids is 2. The first-order chi connectivity index (χ1) is 19.0. The van der Waals surface area contributed by atoms with Crippen molar-refractivity contribution in [2.45, 2.75) is 83.5 Å². The highest BCUT2D eigenvalue weighted by atomic mass is 32.2. The van der Waals surface area contributed by atoms with Crippen molar-refractivity contribution >= 4 is 40.0 Å². The quantitative estimate of drug-likeness (QED) is 0.224. The van der Waals surface area contributed by atoms with Crippen LogP contribution in [-0.2, 0) is 28.9 Å². The molecule has 208 valence electrons. The zero-order valence-electron chi connectivity index (χ0n) is 22.8. The van der Waals surface area contributed by atoms with Crippen molar-refractivity contribution in [2.75, 3.05) is 17.7 Å². The predicted octanol–water partition coefficient (Wildman–Crippen LogP) is 6.38. The van der Waals surface area contributed by atoms with Gasteiger partial charge in [-0.1, -0.05) is 18.7 Å². The number of aromatic nitrogens is 3. The van der Waals surface area contributed by atoms with E-state index in [4.69, 9.17) is 9.47 Å². The first-order valence-corrected chi connectivity index (χ1v) is 15.7. The number of carbonyl (C=O) groups is 2. The summed E-state index contributed by atoms with van der Waals surface area (Å²) in [7, 11) is 0. The standard InChI is InChI=1S/C29H36N4O4S2/c1-4-33-26(19-11-13-21(14-12-19)37-20-8-6-7-9-20)31-32-29(33)38-17-24(34)30-27-25(28(35)36-5-2)22-15-10-18(3)16-23(22)39-27/h11-14,18,20H,4-10,15-17H2,1-3H3,(H,30,34). The molecule has 3 aromatic rings. The van der Waals surface area contributed by atoms with E-state index in [1.54, 1.807) is 6.92 Å². The van der Waals surface area contributed by atoms with Gasteiger partial charge in [-0.2, -0.15) is 0 Å². The number of esters is 1. The van der Waals surface area contributed by atoms with Crippen molar-refractivity contribution in [3.63, 3.8) is 0 Å². The number of hydrogen-bond acceptors (Lipinski definition) is 8. The number of nitrogens with one attached hydrogen (secondary N) is 1. The van der Waals surface area contributed by atoms with Crippen LogP contribution in [0.3, 0.4) is 0 Å². The number of thiophene rings is 1. The Morgan fingerprint density at radius 1 is 1.13 bits per heavy atom. The summed E-state index contributed by atoms with van der Waals surface area (Å²) in [6.45, 7) is 7.03. The van der Waals surface area contributed by atoms with Gasteiger partial charge in [0.05, 0.1) is 24.0 Å². The number of benzene rings is 1. The Morgan fingerprint density at radius 3 is 2.62 bits per heavy atom. The van der Waals surface area contributed by atoms with Crippen LogP contribution >= 0.6 is 23.1 Å². The fourth-order valence-electron chi connectivity index (χ4n) is 5.33. The lowest BCUT2D eigenvalue weighted by molar-refractivity contribution is -0.113. The maximum absolute atomic E-state index is 13.0. The van der Waals surface area contributed by atoms with Crippen LogP contribution in [0.2, 0.25) is 0 Å². The average Bonchev–Trinajstić information content (AvgIpc) is 3.66. The minimum Gasteiger partial charge on any atom is -0.490 e. The Kier molecular flexibility index (Phi) is 8.92. The summed E-state index contributed by atoms with van der Waals surface area (Å²) in [5.41, 5.74) is 2.52. The third kappa shape index (κ3) is 6.32. The molecule has 0 spiro atoms. The second-order valence-corrected chi connectivity index (χ2v) is 12.3. The first kappa shape index (κ1) is 27.7. The molecule has 0 saturated heterocycles. The van der Waals surface area contributed by atoms with Gasteiger partial charge in [-0.05, 0) is 94.5 Å². The van der Waals surface area contributed by atoms with Crippen molar-refractivity contribution in [2.24, 2.45) is 5.92 Å². The third-order valence-corrected chi connectivity index (χ3v) is 9.46. The molecule has 2 aliphatic carbocycles. The van der Waals surface area contributed by atoms with Crippen molar-refractivity contribution in [1.82, 2.24) is 14.8 Å². The van der Waals surface area contributed by atoms with Crippen molar-refractivity contribution in [1.29, 1.82) is 0 Å². The van der Waals surface area contributed by atoms with E-state index in [-0.39, 0.29) is 17.6 Å². The maximum atomic E-state index is 13.0. The maximum Gasteiger partial charge on any atom is 0.341 e. The van der Waals surface area contributed by atoms with E-state index >= 15 is 0 Å². The van der Waals surface area contributed by atoms with Crippen molar-refractivity contribution < 1.29 is 19.1 Å². The number of ether oxygens (including phenoxy) is 2. The van der Waals surface area contributed by atoms with E-state index in [2.05, 4.69) is 22.4 Å². The van der Waals surface area contributed by atoms with Crippen LogP contribution in [0, 0.1) is 5.92 Å². The molecule has 2 aromatic heterocycles. The van der Waals surface area contributed by atoms with Crippen LogP contribution in [0.15, 0.2) is 29.4 Å². The Balaban J connectivity index is 1.25. The Labute approximate surface area is 237 Å². The van der Waals surface area contributed by atoms with Gasteiger partial charge in [0.2, 0.25) is 5.91 Å². The Morgan fingerprint density at radius 2 is 1.90 bits per heavy atom. The first-order valence-electron chi connectivity index (χ1n) is 13.9. The summed E-state index contributed by atoms with van der Waals surface area (Å²) in [6, 6.07) is 8.01. The molecule has 10 heteroatoms. The summed E-state index contributed by atoms with van der Waals surface area (Å²) in [5, 5.41) is 13.1. The van der Waals surface area contributed by atoms with Crippen molar-refractivity contribution in [3.8, 4) is 17.1 Å². The predicted molar refractivity (Wildman–Crippen MR) is 155 cm³/mol. The molecule has 8 nitrogen and oxygen atoms in total. The van der Waals surface area contributed by atoms with Gasteiger partial charge < -0.3 is 19.4 Å². The molecule has 1 fully saturated rings. The summed E-state index contributed by atoms with van der Waals surface area (Å²) < 4.78 is 13.4. The highest BCUT2D eigenvalue weighted by molar-refractivity contribution is 7.99. The minimum absolute atomic E-state index is 0.160. The van der Waals surface area contributed by atoms with E-state index < -0.39 is 0 Å². The molecule has 0 aliphatic heterocycles. The lowest BCUT2D eigenvalue weighted by atomic mass is 9.88. The zero-order chi connectivity index (χ0) is 27.4. The van der Waals surface area contributed by atoms with E-state index in [1.165, 1.54) is 40.8 Å². The van der Waals surface area contributed by atoms with Crippen molar-refractivity contribution in [3.05, 3.63) is 40.3 Å². The van der Waals surface area contributed by atoms with Gasteiger partial charge in [0, 0.05) is 17.0 Å². The number of thioether (sulfide) groups is 1. The molecule has 5 rings (SSSR count). The van der Waals surface area contributed by atoms with Crippen LogP contribution in [-0.4, -0.2) is 45.1 Å². The highest BCUT2D eigenvalue weighted by Gasteiger charge is 2.29. The van der Waals surface area contributed by atoms with Crippen LogP contribution in [0.1, 0.15) is 73.7 Å². The lowest BCUT2D eigenvalue weighted by Crippen LogP contribution is -2.18. The number of hydrogen-bond donors (Lipinski definition) is 1. The summed E-state index contributed by atoms with van der Waals surface area (Å²) in [5.74, 6) is 1.83. The molecular formula is C29H36N4O4S2. The number of rotatable bonds is 10. The molecule has 1 saturated carbocycles. The molecular weight excluding hydrogens is 532 g/mol. The highest BCUT2D eigenvalue weighted by Crippen LogP contribution is 2.40. The second-order valence-electron chi connectivity index (χ2n) is 10.2. The normalized spacial score (nSPS) is 17.2. The monoisotopic (exact) mass is 568 g/mol. The molecule has 1 amide bonds. The second kappa shape index (κ2) is 12.6. The van der Waals surface area contributed by atoms with E-state index in [1.807, 2.05) is 35.8 Å². The molecule has 2 aliphatic rings. The Hall–Kier alpha value is -2.85. The molecule has 1 aromatic carbocycles. The summed E-state index contributed by atoms with van der Waals surface area (Å²) in [4.78, 5) is 26.9. The largest absolute Gasteiger partial charge is 0.490 e. The molecule has 0 bridgehead atoms. The minimum atomic E-state index is -0.359. The van der Waals surface area contributed by atoms with Gasteiger partial charge in [0.15, 0.2) is 11.0 Å². The molecule has 2 heterocycles. The van der Waals surface area contributed by atoms with E-state index in [9.17, 15) is 9.59 Å². The van der Waals surface area contributed by atoms with E-state index in [0.717, 1.165) is 54.8 Å². The number of amides is 1. The molecule has 39 heavy (non-hydrogen) atoms. The topological polar surface area (TPSA) is 95.3 Å². The SMILES string of the molecule is CCOC(=O)c1c(NC(=O)CSc2nnc(-c3ccc(OC4CCCC4)cc3)n2CC)sc2c1CCC(C)C2. The Bertz CT molecular complexity index is 1310. The number of nitrogens with zero attached hydrogens (tertiary/aromatic N) is 3. The fourth-order valence-corrected chi connectivity index (χ4v) is 7.54. The number of fused-ring (bicyclic) bond motifs is 1. The van der Waals surface area contributed by atoms with Crippen LogP contribution in [0.5, 0.6) is 5.75 Å². The third-order valence-electron chi connectivity index (χ3n) is 7.33. The van der Waals surface area contributed by atoms with Crippen LogP contribution in [0.4, 0.5) is 5.00 Å². The lowest BCUT2D eigenvalue weighted by Gasteiger charge is -2.18. The van der Waals surface area contributed by atoms with Gasteiger partial charge in [-0.3, -0.25) is 4.79 Å². The molecule has 1 unspecified atom stereocenters. The van der Waals surface area contributed by atoms with Gasteiger partial charge >= 0.3 is 5.97 Å². The summed E-state index contributed by atoms with van der Waals surface area (Å²) in [6.07, 6.45) is 7.83. The van der Waals surface area contributed by atoms with Gasteiger partial charge in [0.25, 0.3) is 0 Å². The van der Waals surface area contributed by atoms with Gasteiger partial charge in [-0.15, -0.1) is 21.5 Å². The summed E-state index contributed by atoms with van der Waals surface area (Å²) >= 11 is 2.84. The van der Waals surface area contributed by atoms with Crippen LogP contribution < -0.4 is 10.1 Å². The molecule has 1 N–H and O–H groups in total. The number of anilines is 1. The molecule has 0 radical (unpaired) electrons. The van der Waals surface area contributed by atoms with Gasteiger partial charge in [0.1, 0.15) is 10.8 Å². The smallest absolute Gasteiger partial charge is 0.341 e. The zero-order valence-corrected chi connectivity index (χ0v) is 24.5.